The molecule has 30 heavy (non-hydrogen) atoms. The van der Waals surface area contributed by atoms with Crippen LogP contribution in [0.25, 0.3) is 10.9 Å². The van der Waals surface area contributed by atoms with Crippen LogP contribution in [0.4, 0.5) is 4.39 Å². The number of hydrogen-bond acceptors (Lipinski definition) is 5. The third-order valence-electron chi connectivity index (χ3n) is 5.41. The second-order valence-corrected chi connectivity index (χ2v) is 8.80. The summed E-state index contributed by atoms with van der Waals surface area (Å²) in [5, 5.41) is 1.39. The van der Waals surface area contributed by atoms with E-state index < -0.39 is 0 Å². The molecule has 0 saturated carbocycles. The van der Waals surface area contributed by atoms with Crippen LogP contribution in [-0.2, 0) is 11.3 Å². The first-order valence-corrected chi connectivity index (χ1v) is 11.2. The van der Waals surface area contributed by atoms with Crippen LogP contribution in [-0.4, -0.2) is 47.3 Å². The number of hydrogen-bond donors (Lipinski definition) is 0. The Bertz CT molecular complexity index is 1050. The van der Waals surface area contributed by atoms with Gasteiger partial charge in [-0.3, -0.25) is 14.3 Å². The fourth-order valence-electron chi connectivity index (χ4n) is 3.67. The molecule has 0 N–H and O–H groups in total. The average molecular weight is 428 g/mol. The van der Waals surface area contributed by atoms with Gasteiger partial charge in [0.05, 0.1) is 24.1 Å². The fraction of sp³-hybridized carbons (Fsp3) is 0.391. The van der Waals surface area contributed by atoms with Crippen molar-refractivity contribution in [1.29, 1.82) is 0 Å². The van der Waals surface area contributed by atoms with Crippen molar-refractivity contribution in [3.8, 4) is 0 Å². The monoisotopic (exact) mass is 427 g/mol. The molecule has 5 nitrogen and oxygen atoms in total. The summed E-state index contributed by atoms with van der Waals surface area (Å²) in [6.07, 6.45) is 0.873. The van der Waals surface area contributed by atoms with Crippen LogP contribution in [0.2, 0.25) is 0 Å². The van der Waals surface area contributed by atoms with Crippen LogP contribution < -0.4 is 5.56 Å². The van der Waals surface area contributed by atoms with Crippen molar-refractivity contribution < 1.29 is 9.13 Å². The summed E-state index contributed by atoms with van der Waals surface area (Å²) >= 11 is 1.54. The highest BCUT2D eigenvalue weighted by molar-refractivity contribution is 7.99. The number of rotatable bonds is 7. The summed E-state index contributed by atoms with van der Waals surface area (Å²) in [6.45, 7) is 7.02. The predicted octanol–water partition coefficient (Wildman–Crippen LogP) is 4.11. The van der Waals surface area contributed by atoms with Gasteiger partial charge in [-0.1, -0.05) is 36.0 Å². The van der Waals surface area contributed by atoms with Crippen LogP contribution in [0.1, 0.15) is 24.2 Å². The van der Waals surface area contributed by atoms with Gasteiger partial charge in [-0.25, -0.2) is 9.37 Å². The summed E-state index contributed by atoms with van der Waals surface area (Å²) in [7, 11) is 0. The van der Waals surface area contributed by atoms with Gasteiger partial charge in [0.2, 0.25) is 0 Å². The molecule has 4 rings (SSSR count). The first-order chi connectivity index (χ1) is 14.6. The summed E-state index contributed by atoms with van der Waals surface area (Å²) < 4.78 is 20.5. The van der Waals surface area contributed by atoms with Crippen LogP contribution in [0.3, 0.4) is 0 Å². The number of morpholine rings is 1. The Morgan fingerprint density at radius 1 is 1.10 bits per heavy atom. The second-order valence-electron chi connectivity index (χ2n) is 7.49. The van der Waals surface area contributed by atoms with Crippen molar-refractivity contribution in [1.82, 2.24) is 14.5 Å². The summed E-state index contributed by atoms with van der Waals surface area (Å²) in [6, 6.07) is 14.0. The molecule has 1 fully saturated rings. The van der Waals surface area contributed by atoms with Crippen molar-refractivity contribution in [3.63, 3.8) is 0 Å². The van der Waals surface area contributed by atoms with Crippen LogP contribution >= 0.6 is 11.8 Å². The fourth-order valence-corrected chi connectivity index (χ4v) is 4.73. The molecule has 7 heteroatoms. The van der Waals surface area contributed by atoms with Gasteiger partial charge in [0.15, 0.2) is 5.16 Å². The number of benzene rings is 2. The lowest BCUT2D eigenvalue weighted by Gasteiger charge is -2.26. The SMILES string of the molecule is C[C@@H](Sc1nc2ccccc2c(=O)n1CCCN1CCOCC1)c1ccc(F)cc1. The van der Waals surface area contributed by atoms with Crippen LogP contribution in [0.5, 0.6) is 0 Å². The molecule has 158 valence electrons. The van der Waals surface area contributed by atoms with E-state index in [1.807, 2.05) is 24.3 Å². The van der Waals surface area contributed by atoms with E-state index in [4.69, 9.17) is 9.72 Å². The van der Waals surface area contributed by atoms with E-state index in [2.05, 4.69) is 11.8 Å². The van der Waals surface area contributed by atoms with Crippen molar-refractivity contribution in [2.45, 2.75) is 30.3 Å². The summed E-state index contributed by atoms with van der Waals surface area (Å²) in [5.74, 6) is -0.250. The number of para-hydroxylation sites is 1. The van der Waals surface area contributed by atoms with E-state index in [9.17, 15) is 9.18 Å². The molecule has 1 saturated heterocycles. The molecule has 1 atom stereocenters. The van der Waals surface area contributed by atoms with Gasteiger partial charge >= 0.3 is 0 Å². The van der Waals surface area contributed by atoms with E-state index in [0.717, 1.165) is 44.8 Å². The number of halogens is 1. The Hall–Kier alpha value is -2.22. The molecule has 3 aromatic rings. The minimum atomic E-state index is -0.250. The first-order valence-electron chi connectivity index (χ1n) is 10.3. The molecular weight excluding hydrogens is 401 g/mol. The molecule has 0 unspecified atom stereocenters. The molecule has 0 bridgehead atoms. The summed E-state index contributed by atoms with van der Waals surface area (Å²) in [5.41, 5.74) is 1.71. The largest absolute Gasteiger partial charge is 0.379 e. The van der Waals surface area contributed by atoms with Crippen molar-refractivity contribution in [2.75, 3.05) is 32.8 Å². The second kappa shape index (κ2) is 9.73. The normalized spacial score (nSPS) is 16.1. The molecule has 1 aromatic heterocycles. The lowest BCUT2D eigenvalue weighted by atomic mass is 10.2. The zero-order valence-electron chi connectivity index (χ0n) is 17.1. The minimum Gasteiger partial charge on any atom is -0.379 e. The number of thioether (sulfide) groups is 1. The van der Waals surface area contributed by atoms with E-state index in [0.29, 0.717) is 22.6 Å². The lowest BCUT2D eigenvalue weighted by molar-refractivity contribution is 0.0368. The highest BCUT2D eigenvalue weighted by Gasteiger charge is 2.17. The zero-order chi connectivity index (χ0) is 20.9. The first kappa shape index (κ1) is 21.0. The molecule has 0 amide bonds. The maximum Gasteiger partial charge on any atom is 0.262 e. The maximum atomic E-state index is 13.3. The number of aromatic nitrogens is 2. The third kappa shape index (κ3) is 4.91. The maximum absolute atomic E-state index is 13.3. The Kier molecular flexibility index (Phi) is 6.82. The van der Waals surface area contributed by atoms with Gasteiger partial charge in [-0.15, -0.1) is 0 Å². The highest BCUT2D eigenvalue weighted by Crippen LogP contribution is 2.34. The molecule has 2 heterocycles. The predicted molar refractivity (Wildman–Crippen MR) is 119 cm³/mol. The molecule has 1 aliphatic heterocycles. The zero-order valence-corrected chi connectivity index (χ0v) is 17.9. The van der Waals surface area contributed by atoms with Crippen molar-refractivity contribution in [3.05, 3.63) is 70.3 Å². The third-order valence-corrected chi connectivity index (χ3v) is 6.56. The van der Waals surface area contributed by atoms with Crippen LogP contribution in [0.15, 0.2) is 58.5 Å². The molecular formula is C23H26FN3O2S. The average Bonchev–Trinajstić information content (AvgIpc) is 2.77. The summed E-state index contributed by atoms with van der Waals surface area (Å²) in [4.78, 5) is 20.4. The Morgan fingerprint density at radius 3 is 2.60 bits per heavy atom. The Morgan fingerprint density at radius 2 is 1.83 bits per heavy atom. The van der Waals surface area contributed by atoms with Gasteiger partial charge < -0.3 is 4.74 Å². The number of nitrogens with zero attached hydrogens (tertiary/aromatic N) is 3. The molecule has 0 aliphatic carbocycles. The quantitative estimate of drug-likeness (QED) is 0.419. The van der Waals surface area contributed by atoms with Gasteiger partial charge in [-0.2, -0.15) is 0 Å². The molecule has 0 spiro atoms. The molecule has 0 radical (unpaired) electrons. The smallest absolute Gasteiger partial charge is 0.262 e. The highest BCUT2D eigenvalue weighted by atomic mass is 32.2. The lowest BCUT2D eigenvalue weighted by Crippen LogP contribution is -2.37. The topological polar surface area (TPSA) is 47.4 Å². The number of ether oxygens (including phenoxy) is 1. The van der Waals surface area contributed by atoms with E-state index in [-0.39, 0.29) is 16.6 Å². The van der Waals surface area contributed by atoms with E-state index in [1.165, 1.54) is 23.9 Å². The van der Waals surface area contributed by atoms with Crippen molar-refractivity contribution >= 4 is 22.7 Å². The van der Waals surface area contributed by atoms with E-state index in [1.54, 1.807) is 16.7 Å². The van der Waals surface area contributed by atoms with Crippen LogP contribution in [0, 0.1) is 5.82 Å². The van der Waals surface area contributed by atoms with Gasteiger partial charge in [-0.05, 0) is 43.2 Å². The number of fused-ring (bicyclic) bond motifs is 1. The van der Waals surface area contributed by atoms with Gasteiger partial charge in [0.1, 0.15) is 5.82 Å². The van der Waals surface area contributed by atoms with Gasteiger partial charge in [0.25, 0.3) is 5.56 Å². The standard InChI is InChI=1S/C23H26FN3O2S/c1-17(18-7-9-19(24)10-8-18)30-23-25-21-6-3-2-5-20(21)22(28)27(23)12-4-11-26-13-15-29-16-14-26/h2-3,5-10,17H,4,11-16H2,1H3/t17-/m1/s1. The Balaban J connectivity index is 1.58. The molecule has 2 aromatic carbocycles. The minimum absolute atomic E-state index is 0.00335. The molecule has 1 aliphatic rings. The Labute approximate surface area is 179 Å². The van der Waals surface area contributed by atoms with E-state index >= 15 is 0 Å². The van der Waals surface area contributed by atoms with Crippen molar-refractivity contribution in [2.24, 2.45) is 0 Å². The van der Waals surface area contributed by atoms with Gasteiger partial charge in [0, 0.05) is 31.4 Å².